The van der Waals surface area contributed by atoms with Crippen LogP contribution in [0.15, 0.2) is 212 Å². The standard InChI is InChI=1S/C57H35N5S/c1-5-17-36(18-6-1)41-26-15-27-43-42-25-13-14-29-47(42)62(52(41)43)49-30-16-28-44-45-33-34-48-51(54(45)63-53(44)49)46-32-31-39(35-50(46)61(48)40-23-11-4-12-24-40)57-59-55(37-19-7-2-8-20-37)58-56(60-57)38-21-9-3-10-22-38/h1-35H. The van der Waals surface area contributed by atoms with Gasteiger partial charge in [-0.25, -0.2) is 15.0 Å². The summed E-state index contributed by atoms with van der Waals surface area (Å²) in [6.07, 6.45) is 0. The molecule has 0 saturated heterocycles. The highest BCUT2D eigenvalue weighted by atomic mass is 32.1. The molecule has 0 aliphatic carbocycles. The van der Waals surface area contributed by atoms with Crippen LogP contribution in [-0.2, 0) is 0 Å². The van der Waals surface area contributed by atoms with Gasteiger partial charge in [0.15, 0.2) is 17.5 Å². The normalized spacial score (nSPS) is 11.8. The zero-order chi connectivity index (χ0) is 41.4. The Kier molecular flexibility index (Phi) is 8.01. The van der Waals surface area contributed by atoms with Crippen molar-refractivity contribution in [2.75, 3.05) is 0 Å². The second-order valence-corrected chi connectivity index (χ2v) is 17.0. The molecule has 0 aliphatic heterocycles. The molecule has 5 nitrogen and oxygen atoms in total. The molecule has 9 aromatic carbocycles. The van der Waals surface area contributed by atoms with Crippen molar-refractivity contribution in [3.8, 4) is 56.7 Å². The first-order chi connectivity index (χ1) is 31.3. The van der Waals surface area contributed by atoms with Gasteiger partial charge in [0.2, 0.25) is 0 Å². The number of para-hydroxylation sites is 3. The first-order valence-electron chi connectivity index (χ1n) is 21.2. The molecule has 0 radical (unpaired) electrons. The van der Waals surface area contributed by atoms with E-state index in [4.69, 9.17) is 15.0 Å². The molecule has 0 atom stereocenters. The third kappa shape index (κ3) is 5.59. The average Bonchev–Trinajstić information content (AvgIpc) is 4.02. The van der Waals surface area contributed by atoms with Crippen molar-refractivity contribution in [2.45, 2.75) is 0 Å². The maximum absolute atomic E-state index is 5.11. The van der Waals surface area contributed by atoms with E-state index in [0.717, 1.165) is 33.4 Å². The number of hydrogen-bond acceptors (Lipinski definition) is 4. The number of aromatic nitrogens is 5. The van der Waals surface area contributed by atoms with Gasteiger partial charge in [0.05, 0.1) is 32.5 Å². The van der Waals surface area contributed by atoms with Crippen LogP contribution in [0.1, 0.15) is 0 Å². The number of fused-ring (bicyclic) bond motifs is 10. The smallest absolute Gasteiger partial charge is 0.164 e. The van der Waals surface area contributed by atoms with Crippen LogP contribution in [0.5, 0.6) is 0 Å². The topological polar surface area (TPSA) is 48.5 Å². The van der Waals surface area contributed by atoms with E-state index >= 15 is 0 Å². The summed E-state index contributed by atoms with van der Waals surface area (Å²) in [7, 11) is 0. The molecule has 0 amide bonds. The van der Waals surface area contributed by atoms with Crippen LogP contribution in [-0.4, -0.2) is 24.1 Å². The van der Waals surface area contributed by atoms with Crippen LogP contribution in [0, 0.1) is 0 Å². The molecule has 4 aromatic heterocycles. The van der Waals surface area contributed by atoms with Crippen LogP contribution in [0.4, 0.5) is 0 Å². The first-order valence-corrected chi connectivity index (χ1v) is 22.0. The molecule has 4 heterocycles. The number of benzene rings is 9. The highest BCUT2D eigenvalue weighted by Gasteiger charge is 2.23. The molecule has 0 bridgehead atoms. The largest absolute Gasteiger partial charge is 0.309 e. The van der Waals surface area contributed by atoms with Crippen LogP contribution in [0.3, 0.4) is 0 Å². The van der Waals surface area contributed by atoms with Crippen LogP contribution < -0.4 is 0 Å². The Morgan fingerprint density at radius 2 is 0.889 bits per heavy atom. The maximum atomic E-state index is 5.11. The Morgan fingerprint density at radius 3 is 1.60 bits per heavy atom. The molecule has 0 N–H and O–H groups in total. The second-order valence-electron chi connectivity index (χ2n) is 16.0. The van der Waals surface area contributed by atoms with Crippen molar-refractivity contribution in [1.82, 2.24) is 24.1 Å². The zero-order valence-electron chi connectivity index (χ0n) is 33.9. The molecule has 0 unspecified atom stereocenters. The molecule has 294 valence electrons. The van der Waals surface area contributed by atoms with E-state index in [1.807, 2.05) is 47.7 Å². The van der Waals surface area contributed by atoms with Gasteiger partial charge in [-0.3, -0.25) is 0 Å². The molecule has 63 heavy (non-hydrogen) atoms. The molecule has 13 aromatic rings. The Morgan fingerprint density at radius 1 is 0.333 bits per heavy atom. The van der Waals surface area contributed by atoms with Gasteiger partial charge in [-0.1, -0.05) is 176 Å². The van der Waals surface area contributed by atoms with E-state index < -0.39 is 0 Å². The fourth-order valence-electron chi connectivity index (χ4n) is 9.57. The molecule has 0 spiro atoms. The van der Waals surface area contributed by atoms with Crippen LogP contribution in [0.2, 0.25) is 0 Å². The lowest BCUT2D eigenvalue weighted by molar-refractivity contribution is 1.07. The summed E-state index contributed by atoms with van der Waals surface area (Å²) in [5.41, 5.74) is 12.2. The molecular formula is C57H35N5S. The fourth-order valence-corrected chi connectivity index (χ4v) is 10.9. The Hall–Kier alpha value is -8.19. The van der Waals surface area contributed by atoms with Crippen molar-refractivity contribution in [2.24, 2.45) is 0 Å². The monoisotopic (exact) mass is 821 g/mol. The Balaban J connectivity index is 1.08. The summed E-state index contributed by atoms with van der Waals surface area (Å²) in [5.74, 6) is 1.92. The van der Waals surface area contributed by atoms with Gasteiger partial charge in [-0.2, -0.15) is 0 Å². The van der Waals surface area contributed by atoms with Crippen LogP contribution in [0.25, 0.3) is 120 Å². The van der Waals surface area contributed by atoms with Crippen molar-refractivity contribution in [3.63, 3.8) is 0 Å². The minimum atomic E-state index is 0.632. The Bertz CT molecular complexity index is 3830. The number of hydrogen-bond donors (Lipinski definition) is 0. The lowest BCUT2D eigenvalue weighted by Crippen LogP contribution is -2.00. The first kappa shape index (κ1) is 35.6. The van der Waals surface area contributed by atoms with E-state index in [1.165, 1.54) is 69.6 Å². The quantitative estimate of drug-likeness (QED) is 0.168. The third-order valence-corrected chi connectivity index (χ3v) is 13.6. The van der Waals surface area contributed by atoms with Gasteiger partial charge >= 0.3 is 0 Å². The van der Waals surface area contributed by atoms with E-state index in [1.54, 1.807) is 0 Å². The predicted molar refractivity (Wildman–Crippen MR) is 263 cm³/mol. The molecule has 0 aliphatic rings. The third-order valence-electron chi connectivity index (χ3n) is 12.4. The zero-order valence-corrected chi connectivity index (χ0v) is 34.7. The summed E-state index contributed by atoms with van der Waals surface area (Å²) in [6.45, 7) is 0. The minimum absolute atomic E-state index is 0.632. The summed E-state index contributed by atoms with van der Waals surface area (Å²) in [4.78, 5) is 15.2. The second kappa shape index (κ2) is 14.2. The molecule has 0 saturated carbocycles. The summed E-state index contributed by atoms with van der Waals surface area (Å²) in [5, 5.41) is 7.42. The molecule has 0 fully saturated rings. The van der Waals surface area contributed by atoms with Gasteiger partial charge in [-0.15, -0.1) is 11.3 Å². The predicted octanol–water partition coefficient (Wildman–Crippen LogP) is 15.1. The van der Waals surface area contributed by atoms with E-state index in [9.17, 15) is 0 Å². The summed E-state index contributed by atoms with van der Waals surface area (Å²) in [6, 6.07) is 75.5. The highest BCUT2D eigenvalue weighted by molar-refractivity contribution is 7.27. The number of rotatable bonds is 6. The van der Waals surface area contributed by atoms with Crippen LogP contribution >= 0.6 is 11.3 Å². The molecule has 6 heteroatoms. The summed E-state index contributed by atoms with van der Waals surface area (Å²) < 4.78 is 7.43. The average molecular weight is 822 g/mol. The van der Waals surface area contributed by atoms with Crippen molar-refractivity contribution in [1.29, 1.82) is 0 Å². The molecule has 13 rings (SSSR count). The van der Waals surface area contributed by atoms with E-state index in [2.05, 4.69) is 185 Å². The lowest BCUT2D eigenvalue weighted by Gasteiger charge is -2.12. The van der Waals surface area contributed by atoms with Gasteiger partial charge in [-0.05, 0) is 42.0 Å². The van der Waals surface area contributed by atoms with Gasteiger partial charge in [0, 0.05) is 65.0 Å². The van der Waals surface area contributed by atoms with Crippen molar-refractivity contribution >= 4 is 75.1 Å². The van der Waals surface area contributed by atoms with E-state index in [0.29, 0.717) is 17.5 Å². The van der Waals surface area contributed by atoms with Gasteiger partial charge in [0.1, 0.15) is 0 Å². The SMILES string of the molecule is c1ccc(-c2nc(-c3ccccc3)nc(-c3ccc4c5c6sc7c(-n8c9ccccc9c9cccc(-c%10ccccc%10)c98)cccc7c6ccc5n(-c5ccccc5)c4c3)n2)cc1. The van der Waals surface area contributed by atoms with Gasteiger partial charge < -0.3 is 9.13 Å². The number of nitrogens with zero attached hydrogens (tertiary/aromatic N) is 5. The van der Waals surface area contributed by atoms with Gasteiger partial charge in [0.25, 0.3) is 0 Å². The van der Waals surface area contributed by atoms with Crippen molar-refractivity contribution < 1.29 is 0 Å². The maximum Gasteiger partial charge on any atom is 0.164 e. The minimum Gasteiger partial charge on any atom is -0.309 e. The van der Waals surface area contributed by atoms with E-state index in [-0.39, 0.29) is 0 Å². The molecular weight excluding hydrogens is 787 g/mol. The summed E-state index contributed by atoms with van der Waals surface area (Å²) >= 11 is 1.89. The fraction of sp³-hybridized carbons (Fsp3) is 0. The highest BCUT2D eigenvalue weighted by Crippen LogP contribution is 2.47. The Labute approximate surface area is 366 Å². The van der Waals surface area contributed by atoms with Crippen molar-refractivity contribution in [3.05, 3.63) is 212 Å². The number of thiophene rings is 1. The lowest BCUT2D eigenvalue weighted by atomic mass is 10.0.